The molecule has 1 heterocycles. The van der Waals surface area contributed by atoms with Gasteiger partial charge in [-0.1, -0.05) is 6.08 Å². The third-order valence-electron chi connectivity index (χ3n) is 2.62. The maximum absolute atomic E-state index is 10.1. The SMILES string of the molecule is C=CCCC1(O)CC(C)OC1C. The van der Waals surface area contributed by atoms with Gasteiger partial charge in [0.05, 0.1) is 17.8 Å². The third kappa shape index (κ3) is 1.87. The van der Waals surface area contributed by atoms with Gasteiger partial charge in [0.15, 0.2) is 0 Å². The summed E-state index contributed by atoms with van der Waals surface area (Å²) in [6.45, 7) is 7.58. The van der Waals surface area contributed by atoms with E-state index in [1.165, 1.54) is 0 Å². The molecule has 2 heteroatoms. The van der Waals surface area contributed by atoms with Crippen molar-refractivity contribution in [2.75, 3.05) is 0 Å². The normalized spacial score (nSPS) is 41.6. The molecule has 2 nitrogen and oxygen atoms in total. The molecule has 0 radical (unpaired) electrons. The second-order valence-electron chi connectivity index (χ2n) is 3.72. The lowest BCUT2D eigenvalue weighted by atomic mass is 9.90. The van der Waals surface area contributed by atoms with Crippen LogP contribution in [0.1, 0.15) is 33.1 Å². The summed E-state index contributed by atoms with van der Waals surface area (Å²) in [6.07, 6.45) is 4.37. The summed E-state index contributed by atoms with van der Waals surface area (Å²) in [5.74, 6) is 0. The number of allylic oxidation sites excluding steroid dienone is 1. The molecule has 0 aromatic heterocycles. The van der Waals surface area contributed by atoms with Crippen LogP contribution in [0.4, 0.5) is 0 Å². The van der Waals surface area contributed by atoms with Gasteiger partial charge in [0.25, 0.3) is 0 Å². The highest BCUT2D eigenvalue weighted by molar-refractivity contribution is 4.94. The first kappa shape index (κ1) is 9.75. The molecule has 0 aromatic rings. The van der Waals surface area contributed by atoms with Crippen molar-refractivity contribution in [1.82, 2.24) is 0 Å². The van der Waals surface area contributed by atoms with E-state index in [1.807, 2.05) is 19.9 Å². The van der Waals surface area contributed by atoms with E-state index in [4.69, 9.17) is 4.74 Å². The number of hydrogen-bond acceptors (Lipinski definition) is 2. The number of aliphatic hydroxyl groups is 1. The van der Waals surface area contributed by atoms with Crippen LogP contribution in [0, 0.1) is 0 Å². The predicted octanol–water partition coefficient (Wildman–Crippen LogP) is 1.88. The van der Waals surface area contributed by atoms with Crippen LogP contribution in [-0.4, -0.2) is 22.9 Å². The molecule has 1 saturated heterocycles. The summed E-state index contributed by atoms with van der Waals surface area (Å²) in [6, 6.07) is 0. The summed E-state index contributed by atoms with van der Waals surface area (Å²) in [5, 5.41) is 10.1. The van der Waals surface area contributed by atoms with Gasteiger partial charge in [-0.25, -0.2) is 0 Å². The van der Waals surface area contributed by atoms with Crippen LogP contribution in [0.2, 0.25) is 0 Å². The van der Waals surface area contributed by atoms with Crippen LogP contribution in [0.25, 0.3) is 0 Å². The van der Waals surface area contributed by atoms with Crippen LogP contribution in [-0.2, 0) is 4.74 Å². The van der Waals surface area contributed by atoms with Gasteiger partial charge in [0, 0.05) is 6.42 Å². The Labute approximate surface area is 74.2 Å². The molecule has 1 aliphatic rings. The van der Waals surface area contributed by atoms with Crippen LogP contribution in [0.5, 0.6) is 0 Å². The second kappa shape index (κ2) is 3.58. The van der Waals surface area contributed by atoms with Crippen molar-refractivity contribution >= 4 is 0 Å². The Morgan fingerprint density at radius 1 is 1.67 bits per heavy atom. The van der Waals surface area contributed by atoms with E-state index in [1.54, 1.807) is 0 Å². The van der Waals surface area contributed by atoms with Crippen molar-refractivity contribution in [3.63, 3.8) is 0 Å². The quantitative estimate of drug-likeness (QED) is 0.655. The van der Waals surface area contributed by atoms with Gasteiger partial charge in [-0.15, -0.1) is 6.58 Å². The van der Waals surface area contributed by atoms with E-state index >= 15 is 0 Å². The number of ether oxygens (including phenoxy) is 1. The fourth-order valence-corrected chi connectivity index (χ4v) is 1.84. The number of hydrogen-bond donors (Lipinski definition) is 1. The number of rotatable bonds is 3. The zero-order valence-electron chi connectivity index (χ0n) is 7.92. The minimum absolute atomic E-state index is 0.0348. The molecule has 70 valence electrons. The van der Waals surface area contributed by atoms with Gasteiger partial charge in [0.2, 0.25) is 0 Å². The summed E-state index contributed by atoms with van der Waals surface area (Å²) in [4.78, 5) is 0. The minimum Gasteiger partial charge on any atom is -0.387 e. The summed E-state index contributed by atoms with van der Waals surface area (Å²) < 4.78 is 5.49. The van der Waals surface area contributed by atoms with E-state index in [0.29, 0.717) is 0 Å². The fraction of sp³-hybridized carbons (Fsp3) is 0.800. The zero-order valence-corrected chi connectivity index (χ0v) is 7.92. The van der Waals surface area contributed by atoms with Gasteiger partial charge in [-0.2, -0.15) is 0 Å². The van der Waals surface area contributed by atoms with E-state index in [-0.39, 0.29) is 12.2 Å². The highest BCUT2D eigenvalue weighted by Crippen LogP contribution is 2.33. The maximum atomic E-state index is 10.1. The van der Waals surface area contributed by atoms with Crippen molar-refractivity contribution < 1.29 is 9.84 Å². The van der Waals surface area contributed by atoms with E-state index in [9.17, 15) is 5.11 Å². The monoisotopic (exact) mass is 170 g/mol. The van der Waals surface area contributed by atoms with Crippen LogP contribution >= 0.6 is 0 Å². The summed E-state index contributed by atoms with van der Waals surface area (Å²) in [7, 11) is 0. The van der Waals surface area contributed by atoms with Crippen LogP contribution in [0.3, 0.4) is 0 Å². The molecule has 3 atom stereocenters. The fourth-order valence-electron chi connectivity index (χ4n) is 1.84. The molecule has 0 spiro atoms. The Morgan fingerprint density at radius 3 is 2.75 bits per heavy atom. The molecule has 1 rings (SSSR count). The lowest BCUT2D eigenvalue weighted by molar-refractivity contribution is -0.0395. The molecule has 1 aliphatic heterocycles. The average molecular weight is 170 g/mol. The van der Waals surface area contributed by atoms with Gasteiger partial charge in [-0.3, -0.25) is 0 Å². The smallest absolute Gasteiger partial charge is 0.0933 e. The topological polar surface area (TPSA) is 29.5 Å². The second-order valence-corrected chi connectivity index (χ2v) is 3.72. The van der Waals surface area contributed by atoms with Gasteiger partial charge in [0.1, 0.15) is 0 Å². The first-order valence-electron chi connectivity index (χ1n) is 4.57. The van der Waals surface area contributed by atoms with E-state index in [2.05, 4.69) is 6.58 Å². The molecule has 0 aliphatic carbocycles. The summed E-state index contributed by atoms with van der Waals surface area (Å²) in [5.41, 5.74) is -0.617. The largest absolute Gasteiger partial charge is 0.387 e. The molecule has 0 aromatic carbocycles. The van der Waals surface area contributed by atoms with Crippen LogP contribution in [0.15, 0.2) is 12.7 Å². The first-order chi connectivity index (χ1) is 5.58. The van der Waals surface area contributed by atoms with Crippen molar-refractivity contribution in [3.05, 3.63) is 12.7 Å². The maximum Gasteiger partial charge on any atom is 0.0933 e. The molecule has 0 amide bonds. The first-order valence-corrected chi connectivity index (χ1v) is 4.57. The van der Waals surface area contributed by atoms with Gasteiger partial charge >= 0.3 is 0 Å². The highest BCUT2D eigenvalue weighted by atomic mass is 16.5. The van der Waals surface area contributed by atoms with Crippen molar-refractivity contribution in [2.24, 2.45) is 0 Å². The molecular formula is C10H18O2. The van der Waals surface area contributed by atoms with Crippen molar-refractivity contribution in [1.29, 1.82) is 0 Å². The molecule has 12 heavy (non-hydrogen) atoms. The van der Waals surface area contributed by atoms with Crippen LogP contribution < -0.4 is 0 Å². The van der Waals surface area contributed by atoms with Gasteiger partial charge < -0.3 is 9.84 Å². The Bertz CT molecular complexity index is 167. The lowest BCUT2D eigenvalue weighted by Crippen LogP contribution is -2.35. The van der Waals surface area contributed by atoms with E-state index < -0.39 is 5.60 Å². The standard InChI is InChI=1S/C10H18O2/c1-4-5-6-10(11)7-8(2)12-9(10)3/h4,8-9,11H,1,5-7H2,2-3H3. The molecular weight excluding hydrogens is 152 g/mol. The molecule has 1 fully saturated rings. The average Bonchev–Trinajstić information content (AvgIpc) is 2.23. The predicted molar refractivity (Wildman–Crippen MR) is 49.0 cm³/mol. The molecule has 0 saturated carbocycles. The van der Waals surface area contributed by atoms with Crippen molar-refractivity contribution in [3.8, 4) is 0 Å². The lowest BCUT2D eigenvalue weighted by Gasteiger charge is -2.25. The van der Waals surface area contributed by atoms with Gasteiger partial charge in [-0.05, 0) is 26.7 Å². The molecule has 3 unspecified atom stereocenters. The zero-order chi connectivity index (χ0) is 9.19. The Kier molecular flexibility index (Phi) is 2.91. The van der Waals surface area contributed by atoms with E-state index in [0.717, 1.165) is 19.3 Å². The molecule has 1 N–H and O–H groups in total. The highest BCUT2D eigenvalue weighted by Gasteiger charge is 2.42. The Balaban J connectivity index is 2.51. The minimum atomic E-state index is -0.617. The third-order valence-corrected chi connectivity index (χ3v) is 2.62. The Morgan fingerprint density at radius 2 is 2.33 bits per heavy atom. The summed E-state index contributed by atoms with van der Waals surface area (Å²) >= 11 is 0. The Hall–Kier alpha value is -0.340. The van der Waals surface area contributed by atoms with Crippen molar-refractivity contribution in [2.45, 2.75) is 50.9 Å². The molecule has 0 bridgehead atoms.